The van der Waals surface area contributed by atoms with Gasteiger partial charge in [0.15, 0.2) is 0 Å². The maximum Gasteiger partial charge on any atom is 0.245 e. The second kappa shape index (κ2) is 13.0. The lowest BCUT2D eigenvalue weighted by molar-refractivity contribution is -0.123. The van der Waals surface area contributed by atoms with Crippen LogP contribution in [0.2, 0.25) is 0 Å². The highest BCUT2D eigenvalue weighted by Gasteiger charge is 2.18. The molecule has 0 saturated heterocycles. The van der Waals surface area contributed by atoms with E-state index in [1.165, 1.54) is 17.0 Å². The topological polar surface area (TPSA) is 70.2 Å². The molecule has 1 heterocycles. The summed E-state index contributed by atoms with van der Waals surface area (Å²) < 4.78 is 35.8. The first-order chi connectivity index (χ1) is 18.9. The number of aromatic amines is 1. The minimum absolute atomic E-state index is 0.0784. The highest BCUT2D eigenvalue weighted by molar-refractivity contribution is 6.00. The molecule has 6 nitrogen and oxygen atoms in total. The molecule has 3 aromatic carbocycles. The number of carbonyl (C=O) groups is 1. The number of hydrogen-bond acceptors (Lipinski definition) is 4. The Labute approximate surface area is 227 Å². The summed E-state index contributed by atoms with van der Waals surface area (Å²) in [5.41, 5.74) is 4.20. The van der Waals surface area contributed by atoms with Gasteiger partial charge in [0.05, 0.1) is 10.9 Å². The molecule has 8 heteroatoms. The number of amides is 1. The Bertz CT molecular complexity index is 1490. The Morgan fingerprint density at radius 1 is 1.05 bits per heavy atom. The van der Waals surface area contributed by atoms with Crippen LogP contribution < -0.4 is 10.1 Å². The fourth-order valence-corrected chi connectivity index (χ4v) is 4.31. The molecule has 1 aromatic heterocycles. The van der Waals surface area contributed by atoms with E-state index in [1.807, 2.05) is 43.3 Å². The number of nitrogens with zero attached hydrogens (tertiary/aromatic N) is 2. The van der Waals surface area contributed by atoms with Crippen molar-refractivity contribution in [1.29, 1.82) is 0 Å². The maximum absolute atomic E-state index is 15.7. The van der Waals surface area contributed by atoms with Crippen LogP contribution in [0.3, 0.4) is 0 Å². The van der Waals surface area contributed by atoms with Crippen LogP contribution in [0.4, 0.5) is 8.78 Å². The third-order valence-electron chi connectivity index (χ3n) is 6.29. The molecule has 39 heavy (non-hydrogen) atoms. The zero-order chi connectivity index (χ0) is 27.8. The van der Waals surface area contributed by atoms with Gasteiger partial charge in [0.25, 0.3) is 0 Å². The molecule has 2 N–H and O–H groups in total. The van der Waals surface area contributed by atoms with Gasteiger partial charge in [-0.05, 0) is 53.0 Å². The fraction of sp³-hybridized carbons (Fsp3) is 0.226. The van der Waals surface area contributed by atoms with Crippen LogP contribution in [-0.2, 0) is 4.79 Å². The second-order valence-corrected chi connectivity index (χ2v) is 9.17. The number of carbonyl (C=O) groups excluding carboxylic acids is 1. The highest BCUT2D eigenvalue weighted by Crippen LogP contribution is 2.37. The third kappa shape index (κ3) is 6.78. The van der Waals surface area contributed by atoms with Crippen molar-refractivity contribution in [2.45, 2.75) is 13.3 Å². The van der Waals surface area contributed by atoms with Crippen molar-refractivity contribution in [3.05, 3.63) is 107 Å². The van der Waals surface area contributed by atoms with E-state index in [0.29, 0.717) is 59.5 Å². The number of ether oxygens (including phenoxy) is 1. The maximum atomic E-state index is 15.7. The van der Waals surface area contributed by atoms with E-state index in [9.17, 15) is 9.18 Å². The summed E-state index contributed by atoms with van der Waals surface area (Å²) >= 11 is 0. The molecule has 0 atom stereocenters. The normalized spacial score (nSPS) is 12.1. The van der Waals surface area contributed by atoms with E-state index in [0.717, 1.165) is 11.1 Å². The van der Waals surface area contributed by atoms with Gasteiger partial charge < -0.3 is 15.0 Å². The van der Waals surface area contributed by atoms with Gasteiger partial charge in [-0.3, -0.25) is 9.89 Å². The number of likely N-dealkylation sites (N-methyl/N-ethyl adjacent to an activating group) is 1. The summed E-state index contributed by atoms with van der Waals surface area (Å²) in [6, 6.07) is 19.9. The predicted octanol–water partition coefficient (Wildman–Crippen LogP) is 5.82. The monoisotopic (exact) mass is 530 g/mol. The highest BCUT2D eigenvalue weighted by atomic mass is 19.1. The minimum Gasteiger partial charge on any atom is -0.492 e. The molecule has 0 aliphatic heterocycles. The Hall–Kier alpha value is -4.30. The molecule has 202 valence electrons. The molecule has 1 amide bonds. The molecular formula is C31H32F2N4O2. The number of aromatic nitrogens is 2. The Morgan fingerprint density at radius 2 is 1.85 bits per heavy atom. The van der Waals surface area contributed by atoms with Gasteiger partial charge in [0, 0.05) is 44.9 Å². The molecule has 0 radical (unpaired) electrons. The number of benzene rings is 3. The summed E-state index contributed by atoms with van der Waals surface area (Å²) in [5.74, 6) is -0.632. The lowest BCUT2D eigenvalue weighted by Gasteiger charge is -2.18. The quantitative estimate of drug-likeness (QED) is 0.146. The minimum atomic E-state index is -0.526. The van der Waals surface area contributed by atoms with Crippen LogP contribution >= 0.6 is 0 Å². The first kappa shape index (κ1) is 27.7. The van der Waals surface area contributed by atoms with Crippen molar-refractivity contribution in [1.82, 2.24) is 20.4 Å². The van der Waals surface area contributed by atoms with Gasteiger partial charge in [-0.1, -0.05) is 49.4 Å². The lowest BCUT2D eigenvalue weighted by atomic mass is 9.87. The van der Waals surface area contributed by atoms with Crippen LogP contribution in [0, 0.1) is 11.8 Å². The Balaban J connectivity index is 1.58. The fourth-order valence-electron chi connectivity index (χ4n) is 4.31. The van der Waals surface area contributed by atoms with Crippen molar-refractivity contribution in [2.75, 3.05) is 33.8 Å². The Morgan fingerprint density at radius 3 is 2.56 bits per heavy atom. The summed E-state index contributed by atoms with van der Waals surface area (Å²) in [6.45, 7) is 3.40. The first-order valence-corrected chi connectivity index (χ1v) is 12.8. The van der Waals surface area contributed by atoms with E-state index >= 15 is 4.39 Å². The number of nitrogens with one attached hydrogen (secondary N) is 2. The molecule has 0 spiro atoms. The van der Waals surface area contributed by atoms with Crippen LogP contribution in [0.5, 0.6) is 5.75 Å². The van der Waals surface area contributed by atoms with Crippen molar-refractivity contribution < 1.29 is 18.3 Å². The van der Waals surface area contributed by atoms with Gasteiger partial charge in [-0.2, -0.15) is 9.49 Å². The van der Waals surface area contributed by atoms with Crippen LogP contribution in [0.25, 0.3) is 22.0 Å². The third-order valence-corrected chi connectivity index (χ3v) is 6.29. The largest absolute Gasteiger partial charge is 0.492 e. The van der Waals surface area contributed by atoms with Crippen LogP contribution in [-0.4, -0.2) is 54.8 Å². The first-order valence-electron chi connectivity index (χ1n) is 12.8. The summed E-state index contributed by atoms with van der Waals surface area (Å²) in [7, 11) is 3.39. The van der Waals surface area contributed by atoms with E-state index in [1.54, 1.807) is 44.4 Å². The zero-order valence-corrected chi connectivity index (χ0v) is 22.3. The molecule has 0 aliphatic carbocycles. The smallest absolute Gasteiger partial charge is 0.245 e. The van der Waals surface area contributed by atoms with Gasteiger partial charge in [-0.15, -0.1) is 0 Å². The number of halogens is 2. The number of fused-ring (bicyclic) bond motifs is 1. The average molecular weight is 531 g/mol. The summed E-state index contributed by atoms with van der Waals surface area (Å²) in [4.78, 5) is 13.0. The molecule has 0 bridgehead atoms. The summed E-state index contributed by atoms with van der Waals surface area (Å²) in [6.07, 6.45) is 3.89. The van der Waals surface area contributed by atoms with Crippen LogP contribution in [0.15, 0.2) is 78.9 Å². The Kier molecular flexibility index (Phi) is 9.22. The van der Waals surface area contributed by atoms with E-state index in [2.05, 4.69) is 15.5 Å². The van der Waals surface area contributed by atoms with Gasteiger partial charge >= 0.3 is 0 Å². The molecule has 0 fully saturated rings. The molecule has 4 rings (SSSR count). The lowest BCUT2D eigenvalue weighted by Crippen LogP contribution is -2.22. The molecule has 0 saturated carbocycles. The predicted molar refractivity (Wildman–Crippen MR) is 151 cm³/mol. The van der Waals surface area contributed by atoms with E-state index in [4.69, 9.17) is 4.74 Å². The molecule has 4 aromatic rings. The number of rotatable bonds is 11. The van der Waals surface area contributed by atoms with Crippen molar-refractivity contribution in [3.8, 4) is 5.75 Å². The number of hydrogen-bond donors (Lipinski definition) is 2. The molecular weight excluding hydrogens is 498 g/mol. The molecule has 0 unspecified atom stereocenters. The summed E-state index contributed by atoms with van der Waals surface area (Å²) in [5, 5.41) is 9.85. The molecule has 0 aliphatic rings. The van der Waals surface area contributed by atoms with Crippen molar-refractivity contribution >= 4 is 28.0 Å². The standard InChI is InChI=1S/C31H32F2N4O2/c1-4-24(21-9-6-5-7-10-21)30(22-12-15-28-26(19-22)31(33)36-35-28)25-14-13-23(20-27(25)32)39-18-17-34-16-8-11-29(38)37(2)3/h5-15,19-20,34H,4,16-18H2,1-3H3,(H,35,36)/b11-8+,30-24-. The number of allylic oxidation sites excluding steroid dienone is 1. The zero-order valence-electron chi connectivity index (χ0n) is 22.3. The average Bonchev–Trinajstić information content (AvgIpc) is 3.31. The van der Waals surface area contributed by atoms with E-state index in [-0.39, 0.29) is 5.91 Å². The van der Waals surface area contributed by atoms with Crippen molar-refractivity contribution in [2.24, 2.45) is 0 Å². The van der Waals surface area contributed by atoms with Gasteiger partial charge in [0.1, 0.15) is 18.2 Å². The van der Waals surface area contributed by atoms with Gasteiger partial charge in [-0.25, -0.2) is 4.39 Å². The second-order valence-electron chi connectivity index (χ2n) is 9.17. The number of H-pyrrole nitrogens is 1. The van der Waals surface area contributed by atoms with E-state index < -0.39 is 11.8 Å². The van der Waals surface area contributed by atoms with Crippen LogP contribution in [0.1, 0.15) is 30.0 Å². The van der Waals surface area contributed by atoms with Crippen molar-refractivity contribution in [3.63, 3.8) is 0 Å². The SMILES string of the molecule is CC/C(=C(\c1ccc2n[nH]c(F)c2c1)c1ccc(OCCNC/C=C/C(=O)N(C)C)cc1F)c1ccccc1. The van der Waals surface area contributed by atoms with Gasteiger partial charge in [0.2, 0.25) is 11.9 Å².